The maximum Gasteiger partial charge on any atom is 0.342 e. The zero-order valence-electron chi connectivity index (χ0n) is 15.9. The number of carbonyl (C=O) groups excluding carboxylic acids is 2. The molecule has 0 saturated carbocycles. The first-order chi connectivity index (χ1) is 13.5. The van der Waals surface area contributed by atoms with Crippen molar-refractivity contribution in [3.8, 4) is 11.5 Å². The number of para-hydroxylation sites is 1. The van der Waals surface area contributed by atoms with Crippen LogP contribution in [0.4, 0.5) is 5.69 Å². The molecule has 0 unspecified atom stereocenters. The second-order valence-corrected chi connectivity index (χ2v) is 6.14. The molecule has 0 saturated heterocycles. The van der Waals surface area contributed by atoms with Gasteiger partial charge in [-0.3, -0.25) is 4.79 Å². The summed E-state index contributed by atoms with van der Waals surface area (Å²) in [5.41, 5.74) is 0.817. The molecule has 28 heavy (non-hydrogen) atoms. The van der Waals surface area contributed by atoms with Gasteiger partial charge in [0.1, 0.15) is 5.56 Å². The lowest BCUT2D eigenvalue weighted by Crippen LogP contribution is -2.30. The third-order valence-corrected chi connectivity index (χ3v) is 4.29. The zero-order chi connectivity index (χ0) is 20.1. The van der Waals surface area contributed by atoms with E-state index in [1.807, 2.05) is 36.4 Å². The predicted molar refractivity (Wildman–Crippen MR) is 107 cm³/mol. The van der Waals surface area contributed by atoms with Gasteiger partial charge in [-0.25, -0.2) is 4.79 Å². The summed E-state index contributed by atoms with van der Waals surface area (Å²) in [7, 11) is 2.91. The molecule has 144 valence electrons. The Morgan fingerprint density at radius 2 is 1.64 bits per heavy atom. The van der Waals surface area contributed by atoms with Crippen molar-refractivity contribution in [1.82, 2.24) is 0 Å². The summed E-state index contributed by atoms with van der Waals surface area (Å²) in [6.45, 7) is 1.51. The molecule has 3 aromatic rings. The van der Waals surface area contributed by atoms with Crippen LogP contribution in [0.15, 0.2) is 60.7 Å². The van der Waals surface area contributed by atoms with Gasteiger partial charge < -0.3 is 19.5 Å². The highest BCUT2D eigenvalue weighted by Gasteiger charge is 2.23. The van der Waals surface area contributed by atoms with Crippen LogP contribution in [0.3, 0.4) is 0 Å². The molecular formula is C22H21NO5. The molecule has 0 aromatic heterocycles. The molecule has 0 aliphatic rings. The molecule has 0 heterocycles. The number of fused-ring (bicyclic) bond motifs is 1. The van der Waals surface area contributed by atoms with Gasteiger partial charge in [-0.2, -0.15) is 0 Å². The fourth-order valence-corrected chi connectivity index (χ4v) is 2.84. The lowest BCUT2D eigenvalue weighted by atomic mass is 10.1. The van der Waals surface area contributed by atoms with Crippen molar-refractivity contribution < 1.29 is 23.8 Å². The number of hydrogen-bond acceptors (Lipinski definition) is 5. The van der Waals surface area contributed by atoms with Crippen LogP contribution in [0.1, 0.15) is 17.3 Å². The van der Waals surface area contributed by atoms with Crippen molar-refractivity contribution in [1.29, 1.82) is 0 Å². The molecule has 0 aliphatic heterocycles. The Morgan fingerprint density at radius 1 is 0.893 bits per heavy atom. The van der Waals surface area contributed by atoms with Gasteiger partial charge in [-0.05, 0) is 42.0 Å². The summed E-state index contributed by atoms with van der Waals surface area (Å²) in [5, 5.41) is 4.85. The topological polar surface area (TPSA) is 73.9 Å². The summed E-state index contributed by atoms with van der Waals surface area (Å²) in [6, 6.07) is 18.3. The maximum atomic E-state index is 12.5. The summed E-state index contributed by atoms with van der Waals surface area (Å²) in [4.78, 5) is 24.9. The van der Waals surface area contributed by atoms with Crippen LogP contribution in [0.2, 0.25) is 0 Å². The van der Waals surface area contributed by atoms with Crippen LogP contribution in [-0.2, 0) is 9.53 Å². The smallest absolute Gasteiger partial charge is 0.342 e. The van der Waals surface area contributed by atoms with Crippen molar-refractivity contribution in [2.24, 2.45) is 0 Å². The highest BCUT2D eigenvalue weighted by Crippen LogP contribution is 2.31. The molecule has 1 atom stereocenters. The number of amides is 1. The van der Waals surface area contributed by atoms with Gasteiger partial charge in [0.05, 0.1) is 14.2 Å². The number of anilines is 1. The second-order valence-electron chi connectivity index (χ2n) is 6.14. The van der Waals surface area contributed by atoms with Crippen molar-refractivity contribution >= 4 is 28.3 Å². The van der Waals surface area contributed by atoms with Crippen LogP contribution in [0.25, 0.3) is 10.8 Å². The minimum Gasteiger partial charge on any atom is -0.493 e. The molecule has 1 N–H and O–H groups in total. The normalized spacial score (nSPS) is 11.5. The van der Waals surface area contributed by atoms with E-state index in [0.29, 0.717) is 11.4 Å². The molecule has 0 aliphatic carbocycles. The fourth-order valence-electron chi connectivity index (χ4n) is 2.84. The van der Waals surface area contributed by atoms with Crippen LogP contribution in [-0.4, -0.2) is 32.2 Å². The molecule has 0 fully saturated rings. The second kappa shape index (κ2) is 8.43. The van der Waals surface area contributed by atoms with Crippen molar-refractivity contribution in [2.45, 2.75) is 13.0 Å². The standard InChI is InChI=1S/C22H21NO5/c1-14(28-22(25)18-9-6-10-19(26-2)20(18)27-3)21(24)23-17-12-11-15-7-4-5-8-16(15)13-17/h4-14H,1-3H3,(H,23,24)/t14-/m1/s1. The minimum atomic E-state index is -0.991. The highest BCUT2D eigenvalue weighted by molar-refractivity contribution is 5.99. The molecule has 1 amide bonds. The van der Waals surface area contributed by atoms with E-state index in [2.05, 4.69) is 5.32 Å². The number of carbonyl (C=O) groups is 2. The quantitative estimate of drug-likeness (QED) is 0.654. The Balaban J connectivity index is 1.70. The molecule has 0 bridgehead atoms. The first-order valence-corrected chi connectivity index (χ1v) is 8.75. The number of nitrogens with one attached hydrogen (secondary N) is 1. The van der Waals surface area contributed by atoms with Gasteiger partial charge in [0, 0.05) is 5.69 Å². The Bertz CT molecular complexity index is 1010. The van der Waals surface area contributed by atoms with Crippen LogP contribution in [0.5, 0.6) is 11.5 Å². The van der Waals surface area contributed by atoms with Gasteiger partial charge in [0.2, 0.25) is 0 Å². The van der Waals surface area contributed by atoms with Gasteiger partial charge in [-0.1, -0.05) is 36.4 Å². The van der Waals surface area contributed by atoms with Crippen LogP contribution < -0.4 is 14.8 Å². The SMILES string of the molecule is COc1cccc(C(=O)O[C@H](C)C(=O)Nc2ccc3ccccc3c2)c1OC. The van der Waals surface area contributed by atoms with E-state index in [-0.39, 0.29) is 11.3 Å². The fraction of sp³-hybridized carbons (Fsp3) is 0.182. The summed E-state index contributed by atoms with van der Waals surface area (Å²) >= 11 is 0. The van der Waals surface area contributed by atoms with Crippen molar-refractivity contribution in [2.75, 3.05) is 19.5 Å². The minimum absolute atomic E-state index is 0.187. The average molecular weight is 379 g/mol. The lowest BCUT2D eigenvalue weighted by molar-refractivity contribution is -0.123. The predicted octanol–water partition coefficient (Wildman–Crippen LogP) is 4.04. The number of hydrogen-bond donors (Lipinski definition) is 1. The van der Waals surface area contributed by atoms with E-state index in [0.717, 1.165) is 10.8 Å². The Morgan fingerprint density at radius 3 is 2.36 bits per heavy atom. The van der Waals surface area contributed by atoms with E-state index in [1.54, 1.807) is 24.3 Å². The van der Waals surface area contributed by atoms with E-state index >= 15 is 0 Å². The zero-order valence-corrected chi connectivity index (χ0v) is 15.9. The Hall–Kier alpha value is -3.54. The number of esters is 1. The molecule has 6 heteroatoms. The third kappa shape index (κ3) is 4.06. The van der Waals surface area contributed by atoms with E-state index in [1.165, 1.54) is 21.1 Å². The van der Waals surface area contributed by atoms with Gasteiger partial charge >= 0.3 is 5.97 Å². The lowest BCUT2D eigenvalue weighted by Gasteiger charge is -2.16. The monoisotopic (exact) mass is 379 g/mol. The first kappa shape index (κ1) is 19.2. The van der Waals surface area contributed by atoms with Gasteiger partial charge in [-0.15, -0.1) is 0 Å². The van der Waals surface area contributed by atoms with Crippen LogP contribution >= 0.6 is 0 Å². The van der Waals surface area contributed by atoms with E-state index < -0.39 is 18.0 Å². The summed E-state index contributed by atoms with van der Waals surface area (Å²) < 4.78 is 15.7. The molecule has 6 nitrogen and oxygen atoms in total. The van der Waals surface area contributed by atoms with E-state index in [4.69, 9.17) is 14.2 Å². The summed E-state index contributed by atoms with van der Waals surface area (Å²) in [6.07, 6.45) is -0.991. The van der Waals surface area contributed by atoms with Crippen molar-refractivity contribution in [3.63, 3.8) is 0 Å². The molecule has 0 radical (unpaired) electrons. The van der Waals surface area contributed by atoms with Crippen LogP contribution in [0, 0.1) is 0 Å². The summed E-state index contributed by atoms with van der Waals surface area (Å²) in [5.74, 6) is -0.426. The molecule has 3 rings (SSSR count). The maximum absolute atomic E-state index is 12.5. The van der Waals surface area contributed by atoms with Gasteiger partial charge in [0.25, 0.3) is 5.91 Å². The Labute approximate surface area is 163 Å². The van der Waals surface area contributed by atoms with E-state index in [9.17, 15) is 9.59 Å². The highest BCUT2D eigenvalue weighted by atomic mass is 16.6. The molecular weight excluding hydrogens is 358 g/mol. The third-order valence-electron chi connectivity index (χ3n) is 4.29. The molecule has 3 aromatic carbocycles. The largest absolute Gasteiger partial charge is 0.493 e. The molecule has 0 spiro atoms. The average Bonchev–Trinajstić information content (AvgIpc) is 2.72. The number of rotatable bonds is 6. The number of benzene rings is 3. The number of methoxy groups -OCH3 is 2. The number of ether oxygens (including phenoxy) is 3. The first-order valence-electron chi connectivity index (χ1n) is 8.75. The van der Waals surface area contributed by atoms with Gasteiger partial charge in [0.15, 0.2) is 17.6 Å². The Kier molecular flexibility index (Phi) is 5.79. The van der Waals surface area contributed by atoms with Crippen molar-refractivity contribution in [3.05, 3.63) is 66.2 Å².